The van der Waals surface area contributed by atoms with Crippen molar-refractivity contribution in [1.29, 1.82) is 0 Å². The zero-order valence-electron chi connectivity index (χ0n) is 19.4. The standard InChI is InChI=1S/C29H23F3O4/c1-35-24-12-13-25-22(18-24)17-21(15-16-29(30,31)32)27(20-5-3-2-4-6-20)28(25)36-23-10-7-19(8-11-23)9-14-26(33)34/h2-14,17-18H,15-16H2,1H3,(H,33,34)/b14-9+. The van der Waals surface area contributed by atoms with Crippen molar-refractivity contribution in [2.45, 2.75) is 19.0 Å². The number of aliphatic carboxylic acids is 1. The number of methoxy groups -OCH3 is 1. The Morgan fingerprint density at radius 1 is 0.944 bits per heavy atom. The maximum Gasteiger partial charge on any atom is 0.389 e. The minimum atomic E-state index is -4.31. The summed E-state index contributed by atoms with van der Waals surface area (Å²) in [4.78, 5) is 10.8. The third kappa shape index (κ3) is 6.05. The molecule has 0 spiro atoms. The molecule has 0 saturated heterocycles. The Labute approximate surface area is 206 Å². The molecule has 0 atom stereocenters. The van der Waals surface area contributed by atoms with Gasteiger partial charge in [-0.3, -0.25) is 0 Å². The summed E-state index contributed by atoms with van der Waals surface area (Å²) in [5.41, 5.74) is 2.51. The lowest BCUT2D eigenvalue weighted by molar-refractivity contribution is -0.134. The van der Waals surface area contributed by atoms with Gasteiger partial charge in [0.25, 0.3) is 0 Å². The third-order valence-electron chi connectivity index (χ3n) is 5.64. The second-order valence-corrected chi connectivity index (χ2v) is 8.15. The van der Waals surface area contributed by atoms with Gasteiger partial charge in [0.15, 0.2) is 0 Å². The van der Waals surface area contributed by atoms with Gasteiger partial charge in [-0.2, -0.15) is 13.2 Å². The molecule has 7 heteroatoms. The summed E-state index contributed by atoms with van der Waals surface area (Å²) in [5, 5.41) is 10.2. The van der Waals surface area contributed by atoms with E-state index < -0.39 is 18.6 Å². The molecule has 0 aromatic heterocycles. The molecule has 4 aromatic carbocycles. The average Bonchev–Trinajstić information content (AvgIpc) is 2.86. The van der Waals surface area contributed by atoms with Crippen molar-refractivity contribution in [3.63, 3.8) is 0 Å². The van der Waals surface area contributed by atoms with Crippen LogP contribution in [-0.4, -0.2) is 24.4 Å². The van der Waals surface area contributed by atoms with Crippen LogP contribution in [0, 0.1) is 0 Å². The van der Waals surface area contributed by atoms with Crippen LogP contribution < -0.4 is 9.47 Å². The number of carbonyl (C=O) groups is 1. The zero-order valence-corrected chi connectivity index (χ0v) is 19.4. The average molecular weight is 492 g/mol. The number of carboxylic acid groups (broad SMARTS) is 1. The van der Waals surface area contributed by atoms with Crippen LogP contribution in [0.4, 0.5) is 13.2 Å². The van der Waals surface area contributed by atoms with Crippen molar-refractivity contribution >= 4 is 22.8 Å². The molecule has 4 rings (SSSR count). The SMILES string of the molecule is COc1ccc2c(Oc3ccc(/C=C/C(=O)O)cc3)c(-c3ccccc3)c(CCC(F)(F)F)cc2c1. The van der Waals surface area contributed by atoms with Crippen molar-refractivity contribution in [3.05, 3.63) is 96.1 Å². The molecule has 36 heavy (non-hydrogen) atoms. The van der Waals surface area contributed by atoms with E-state index in [1.165, 1.54) is 13.2 Å². The highest BCUT2D eigenvalue weighted by Crippen LogP contribution is 2.44. The Kier molecular flexibility index (Phi) is 7.29. The maximum absolute atomic E-state index is 13.2. The molecule has 0 aliphatic rings. The van der Waals surface area contributed by atoms with E-state index in [2.05, 4.69) is 0 Å². The van der Waals surface area contributed by atoms with Crippen molar-refractivity contribution < 1.29 is 32.5 Å². The van der Waals surface area contributed by atoms with Crippen molar-refractivity contribution in [2.24, 2.45) is 0 Å². The summed E-state index contributed by atoms with van der Waals surface area (Å²) in [6, 6.07) is 23.1. The first kappa shape index (κ1) is 24.9. The van der Waals surface area contributed by atoms with Crippen molar-refractivity contribution in [2.75, 3.05) is 7.11 Å². The number of rotatable bonds is 8. The Hall–Kier alpha value is -4.26. The number of aryl methyl sites for hydroxylation is 1. The van der Waals surface area contributed by atoms with E-state index in [1.807, 2.05) is 36.4 Å². The first-order valence-electron chi connectivity index (χ1n) is 11.2. The largest absolute Gasteiger partial charge is 0.497 e. The molecule has 0 amide bonds. The number of halogens is 3. The molecular weight excluding hydrogens is 469 g/mol. The predicted octanol–water partition coefficient (Wildman–Crippen LogP) is 7.90. The van der Waals surface area contributed by atoms with Crippen LogP contribution in [0.1, 0.15) is 17.5 Å². The summed E-state index contributed by atoms with van der Waals surface area (Å²) in [5.74, 6) is 0.426. The summed E-state index contributed by atoms with van der Waals surface area (Å²) in [6.45, 7) is 0. The van der Waals surface area contributed by atoms with Crippen LogP contribution >= 0.6 is 0 Å². The Balaban J connectivity index is 1.88. The number of hydrogen-bond acceptors (Lipinski definition) is 3. The fourth-order valence-electron chi connectivity index (χ4n) is 3.97. The number of carboxylic acids is 1. The molecule has 0 radical (unpaired) electrons. The van der Waals surface area contributed by atoms with Crippen molar-refractivity contribution in [1.82, 2.24) is 0 Å². The van der Waals surface area contributed by atoms with Gasteiger partial charge >= 0.3 is 12.1 Å². The zero-order chi connectivity index (χ0) is 25.7. The van der Waals surface area contributed by atoms with Gasteiger partial charge in [-0.1, -0.05) is 48.5 Å². The number of benzene rings is 4. The third-order valence-corrected chi connectivity index (χ3v) is 5.64. The number of fused-ring (bicyclic) bond motifs is 1. The van der Waals surface area contributed by atoms with Gasteiger partial charge in [0, 0.05) is 23.4 Å². The summed E-state index contributed by atoms with van der Waals surface area (Å²) >= 11 is 0. The molecular formula is C29H23F3O4. The number of alkyl halides is 3. The Bertz CT molecular complexity index is 1390. The van der Waals surface area contributed by atoms with Gasteiger partial charge in [0.2, 0.25) is 0 Å². The van der Waals surface area contributed by atoms with Crippen LogP contribution in [0.15, 0.2) is 84.9 Å². The van der Waals surface area contributed by atoms with Crippen LogP contribution in [0.25, 0.3) is 28.0 Å². The highest BCUT2D eigenvalue weighted by molar-refractivity contribution is 5.98. The Morgan fingerprint density at radius 2 is 1.64 bits per heavy atom. The fourth-order valence-corrected chi connectivity index (χ4v) is 3.97. The van der Waals surface area contributed by atoms with Crippen LogP contribution in [0.5, 0.6) is 17.2 Å². The van der Waals surface area contributed by atoms with E-state index in [1.54, 1.807) is 42.5 Å². The van der Waals surface area contributed by atoms with Gasteiger partial charge in [-0.15, -0.1) is 0 Å². The van der Waals surface area contributed by atoms with Gasteiger partial charge in [-0.05, 0) is 64.9 Å². The molecule has 4 nitrogen and oxygen atoms in total. The summed E-state index contributed by atoms with van der Waals surface area (Å²) < 4.78 is 51.3. The van der Waals surface area contributed by atoms with E-state index >= 15 is 0 Å². The lowest BCUT2D eigenvalue weighted by atomic mass is 9.91. The van der Waals surface area contributed by atoms with E-state index in [4.69, 9.17) is 14.6 Å². The topological polar surface area (TPSA) is 55.8 Å². The van der Waals surface area contributed by atoms with Gasteiger partial charge in [0.1, 0.15) is 17.2 Å². The molecule has 4 aromatic rings. The first-order valence-corrected chi connectivity index (χ1v) is 11.2. The predicted molar refractivity (Wildman–Crippen MR) is 133 cm³/mol. The summed E-state index contributed by atoms with van der Waals surface area (Å²) in [7, 11) is 1.53. The second-order valence-electron chi connectivity index (χ2n) is 8.15. The normalized spacial score (nSPS) is 11.7. The lowest BCUT2D eigenvalue weighted by Gasteiger charge is -2.20. The quantitative estimate of drug-likeness (QED) is 0.254. The van der Waals surface area contributed by atoms with E-state index in [9.17, 15) is 18.0 Å². The minimum Gasteiger partial charge on any atom is -0.497 e. The van der Waals surface area contributed by atoms with Crippen LogP contribution in [-0.2, 0) is 11.2 Å². The number of hydrogen-bond donors (Lipinski definition) is 1. The molecule has 0 unspecified atom stereocenters. The number of ether oxygens (including phenoxy) is 2. The minimum absolute atomic E-state index is 0.212. The molecule has 0 aliphatic carbocycles. The highest BCUT2D eigenvalue weighted by atomic mass is 19.4. The Morgan fingerprint density at radius 3 is 2.28 bits per heavy atom. The molecule has 184 valence electrons. The lowest BCUT2D eigenvalue weighted by Crippen LogP contribution is -2.09. The molecule has 0 bridgehead atoms. The molecule has 0 saturated carbocycles. The van der Waals surface area contributed by atoms with Crippen molar-refractivity contribution in [3.8, 4) is 28.4 Å². The highest BCUT2D eigenvalue weighted by Gasteiger charge is 2.28. The van der Waals surface area contributed by atoms with Crippen LogP contribution in [0.3, 0.4) is 0 Å². The molecule has 0 fully saturated rings. The first-order chi connectivity index (χ1) is 17.2. The van der Waals surface area contributed by atoms with E-state index in [0.29, 0.717) is 39.3 Å². The fraction of sp³-hybridized carbons (Fsp3) is 0.138. The monoisotopic (exact) mass is 492 g/mol. The molecule has 0 heterocycles. The smallest absolute Gasteiger partial charge is 0.389 e. The van der Waals surface area contributed by atoms with Gasteiger partial charge in [-0.25, -0.2) is 4.79 Å². The molecule has 1 N–H and O–H groups in total. The van der Waals surface area contributed by atoms with E-state index in [-0.39, 0.29) is 6.42 Å². The molecule has 0 aliphatic heterocycles. The van der Waals surface area contributed by atoms with E-state index in [0.717, 1.165) is 17.0 Å². The maximum atomic E-state index is 13.2. The van der Waals surface area contributed by atoms with Gasteiger partial charge < -0.3 is 14.6 Å². The van der Waals surface area contributed by atoms with Gasteiger partial charge in [0.05, 0.1) is 7.11 Å². The van der Waals surface area contributed by atoms with Crippen LogP contribution in [0.2, 0.25) is 0 Å². The second kappa shape index (κ2) is 10.6. The summed E-state index contributed by atoms with van der Waals surface area (Å²) in [6.07, 6.45) is -2.99.